The Balaban J connectivity index is 2.17. The van der Waals surface area contributed by atoms with Crippen molar-refractivity contribution >= 4 is 17.1 Å². The Hall–Kier alpha value is -1.96. The van der Waals surface area contributed by atoms with Crippen molar-refractivity contribution < 1.29 is 0 Å². The molecule has 2 heteroatoms. The van der Waals surface area contributed by atoms with E-state index in [4.69, 9.17) is 5.73 Å². The molecule has 0 aliphatic heterocycles. The molecular formula is C17H22N2. The van der Waals surface area contributed by atoms with E-state index in [1.807, 2.05) is 18.2 Å². The number of anilines is 3. The second-order valence-electron chi connectivity index (χ2n) is 5.42. The molecule has 0 saturated heterocycles. The summed E-state index contributed by atoms with van der Waals surface area (Å²) in [6.07, 6.45) is 1.13. The van der Waals surface area contributed by atoms with Crippen LogP contribution in [0.4, 0.5) is 17.1 Å². The van der Waals surface area contributed by atoms with E-state index in [1.165, 1.54) is 11.3 Å². The molecule has 0 aliphatic carbocycles. The molecule has 2 aromatic rings. The van der Waals surface area contributed by atoms with Gasteiger partial charge in [0.2, 0.25) is 0 Å². The number of rotatable bonds is 4. The van der Waals surface area contributed by atoms with Crippen LogP contribution in [-0.4, -0.2) is 7.05 Å². The van der Waals surface area contributed by atoms with Gasteiger partial charge in [-0.3, -0.25) is 0 Å². The Morgan fingerprint density at radius 1 is 1.00 bits per heavy atom. The van der Waals surface area contributed by atoms with Crippen LogP contribution in [0.25, 0.3) is 0 Å². The summed E-state index contributed by atoms with van der Waals surface area (Å²) in [6, 6.07) is 16.7. The van der Waals surface area contributed by atoms with E-state index in [-0.39, 0.29) is 0 Å². The van der Waals surface area contributed by atoms with Gasteiger partial charge in [-0.05, 0) is 48.2 Å². The first-order valence-electron chi connectivity index (χ1n) is 6.74. The maximum absolute atomic E-state index is 5.83. The molecule has 0 spiro atoms. The fraction of sp³-hybridized carbons (Fsp3) is 0.294. The molecule has 0 unspecified atom stereocenters. The third-order valence-corrected chi connectivity index (χ3v) is 3.23. The monoisotopic (exact) mass is 254 g/mol. The first-order chi connectivity index (χ1) is 9.06. The average molecular weight is 254 g/mol. The van der Waals surface area contributed by atoms with Crippen molar-refractivity contribution in [3.63, 3.8) is 0 Å². The van der Waals surface area contributed by atoms with Crippen molar-refractivity contribution in [1.29, 1.82) is 0 Å². The second kappa shape index (κ2) is 5.79. The van der Waals surface area contributed by atoms with Gasteiger partial charge < -0.3 is 10.6 Å². The molecule has 0 amide bonds. The smallest absolute Gasteiger partial charge is 0.0428 e. The van der Waals surface area contributed by atoms with Gasteiger partial charge in [0.25, 0.3) is 0 Å². The maximum Gasteiger partial charge on any atom is 0.0428 e. The van der Waals surface area contributed by atoms with Crippen LogP contribution in [0.15, 0.2) is 48.5 Å². The molecule has 2 aromatic carbocycles. The average Bonchev–Trinajstić information content (AvgIpc) is 2.38. The third-order valence-electron chi connectivity index (χ3n) is 3.23. The topological polar surface area (TPSA) is 29.3 Å². The van der Waals surface area contributed by atoms with Crippen LogP contribution in [0.3, 0.4) is 0 Å². The summed E-state index contributed by atoms with van der Waals surface area (Å²) in [6.45, 7) is 4.49. The molecule has 100 valence electrons. The number of hydrogen-bond acceptors (Lipinski definition) is 2. The normalized spacial score (nSPS) is 10.7. The van der Waals surface area contributed by atoms with Gasteiger partial charge in [-0.15, -0.1) is 0 Å². The van der Waals surface area contributed by atoms with Crippen molar-refractivity contribution in [3.8, 4) is 0 Å². The molecule has 2 nitrogen and oxygen atoms in total. The van der Waals surface area contributed by atoms with Crippen molar-refractivity contribution in [3.05, 3.63) is 54.1 Å². The highest BCUT2D eigenvalue weighted by Crippen LogP contribution is 2.25. The van der Waals surface area contributed by atoms with E-state index in [0.29, 0.717) is 5.92 Å². The molecule has 2 N–H and O–H groups in total. The van der Waals surface area contributed by atoms with Gasteiger partial charge in [-0.2, -0.15) is 0 Å². The molecule has 0 radical (unpaired) electrons. The summed E-state index contributed by atoms with van der Waals surface area (Å²) in [5, 5.41) is 0. The molecule has 0 aliphatic rings. The van der Waals surface area contributed by atoms with Crippen molar-refractivity contribution in [2.75, 3.05) is 17.7 Å². The highest BCUT2D eigenvalue weighted by molar-refractivity contribution is 5.65. The van der Waals surface area contributed by atoms with E-state index in [1.54, 1.807) is 0 Å². The first-order valence-corrected chi connectivity index (χ1v) is 6.74. The van der Waals surface area contributed by atoms with Gasteiger partial charge in [0.05, 0.1) is 0 Å². The summed E-state index contributed by atoms with van der Waals surface area (Å²) in [5.74, 6) is 0.692. The standard InChI is InChI=1S/C17H22N2/c1-13(2)11-14-7-9-16(10-8-14)19(3)17-6-4-5-15(18)12-17/h4-10,12-13H,11,18H2,1-3H3. The number of nitrogens with two attached hydrogens (primary N) is 1. The number of nitrogens with zero attached hydrogens (tertiary/aromatic N) is 1. The van der Waals surface area contributed by atoms with E-state index < -0.39 is 0 Å². The predicted molar refractivity (Wildman–Crippen MR) is 83.9 cm³/mol. The Morgan fingerprint density at radius 3 is 2.26 bits per heavy atom. The lowest BCUT2D eigenvalue weighted by atomic mass is 10.0. The lowest BCUT2D eigenvalue weighted by Crippen LogP contribution is -2.09. The molecule has 0 atom stereocenters. The summed E-state index contributed by atoms with van der Waals surface area (Å²) in [7, 11) is 2.06. The van der Waals surface area contributed by atoms with Crippen LogP contribution in [0, 0.1) is 5.92 Å². The van der Waals surface area contributed by atoms with Crippen molar-refractivity contribution in [2.45, 2.75) is 20.3 Å². The Labute approximate surface area is 115 Å². The van der Waals surface area contributed by atoms with E-state index in [9.17, 15) is 0 Å². The largest absolute Gasteiger partial charge is 0.399 e. The lowest BCUT2D eigenvalue weighted by molar-refractivity contribution is 0.647. The van der Waals surface area contributed by atoms with Crippen LogP contribution >= 0.6 is 0 Å². The molecule has 2 rings (SSSR count). The SMILES string of the molecule is CC(C)Cc1ccc(N(C)c2cccc(N)c2)cc1. The zero-order valence-corrected chi connectivity index (χ0v) is 11.9. The minimum absolute atomic E-state index is 0.692. The first kappa shape index (κ1) is 13.5. The molecule has 0 bridgehead atoms. The predicted octanol–water partition coefficient (Wildman–Crippen LogP) is 4.24. The molecule has 0 fully saturated rings. The minimum Gasteiger partial charge on any atom is -0.399 e. The van der Waals surface area contributed by atoms with Crippen LogP contribution in [0.5, 0.6) is 0 Å². The zero-order chi connectivity index (χ0) is 13.8. The molecular weight excluding hydrogens is 232 g/mol. The van der Waals surface area contributed by atoms with E-state index in [0.717, 1.165) is 17.8 Å². The minimum atomic E-state index is 0.692. The highest BCUT2D eigenvalue weighted by Gasteiger charge is 2.04. The molecule has 19 heavy (non-hydrogen) atoms. The number of nitrogen functional groups attached to an aromatic ring is 1. The summed E-state index contributed by atoms with van der Waals surface area (Å²) in [4.78, 5) is 2.15. The highest BCUT2D eigenvalue weighted by atomic mass is 15.1. The van der Waals surface area contributed by atoms with Gasteiger partial charge in [0.15, 0.2) is 0 Å². The van der Waals surface area contributed by atoms with Crippen LogP contribution in [0.1, 0.15) is 19.4 Å². The summed E-state index contributed by atoms with van der Waals surface area (Å²) < 4.78 is 0. The van der Waals surface area contributed by atoms with Gasteiger partial charge in [0, 0.05) is 24.1 Å². The number of hydrogen-bond donors (Lipinski definition) is 1. The zero-order valence-electron chi connectivity index (χ0n) is 11.9. The van der Waals surface area contributed by atoms with Crippen LogP contribution < -0.4 is 10.6 Å². The Morgan fingerprint density at radius 2 is 1.68 bits per heavy atom. The lowest BCUT2D eigenvalue weighted by Gasteiger charge is -2.20. The van der Waals surface area contributed by atoms with Crippen LogP contribution in [0.2, 0.25) is 0 Å². The van der Waals surface area contributed by atoms with Crippen molar-refractivity contribution in [2.24, 2.45) is 5.92 Å². The third kappa shape index (κ3) is 3.50. The summed E-state index contributed by atoms with van der Waals surface area (Å²) >= 11 is 0. The number of benzene rings is 2. The fourth-order valence-corrected chi connectivity index (χ4v) is 2.21. The van der Waals surface area contributed by atoms with Crippen LogP contribution in [-0.2, 0) is 6.42 Å². The maximum atomic E-state index is 5.83. The van der Waals surface area contributed by atoms with Gasteiger partial charge in [-0.25, -0.2) is 0 Å². The molecule has 0 saturated carbocycles. The summed E-state index contributed by atoms with van der Waals surface area (Å²) in [5.41, 5.74) is 10.3. The van der Waals surface area contributed by atoms with Gasteiger partial charge in [0.1, 0.15) is 0 Å². The Bertz CT molecular complexity index is 529. The van der Waals surface area contributed by atoms with Crippen molar-refractivity contribution in [1.82, 2.24) is 0 Å². The van der Waals surface area contributed by atoms with Gasteiger partial charge >= 0.3 is 0 Å². The van der Waals surface area contributed by atoms with Gasteiger partial charge in [-0.1, -0.05) is 32.0 Å². The fourth-order valence-electron chi connectivity index (χ4n) is 2.21. The van der Waals surface area contributed by atoms with E-state index >= 15 is 0 Å². The Kier molecular flexibility index (Phi) is 4.10. The van der Waals surface area contributed by atoms with E-state index in [2.05, 4.69) is 56.1 Å². The quantitative estimate of drug-likeness (QED) is 0.827. The second-order valence-corrected chi connectivity index (χ2v) is 5.42. The molecule has 0 heterocycles. The molecule has 0 aromatic heterocycles.